The van der Waals surface area contributed by atoms with Crippen LogP contribution in [0.3, 0.4) is 0 Å². The lowest BCUT2D eigenvalue weighted by atomic mass is 9.89. The molecule has 0 unspecified atom stereocenters. The predicted molar refractivity (Wildman–Crippen MR) is 157 cm³/mol. The van der Waals surface area contributed by atoms with Crippen LogP contribution in [0.2, 0.25) is 0 Å². The second-order valence-corrected chi connectivity index (χ2v) is 14.3. The number of carbonyl (C=O) groups is 1. The molecule has 0 atom stereocenters. The topological polar surface area (TPSA) is 155 Å². The van der Waals surface area contributed by atoms with Gasteiger partial charge >= 0.3 is 0 Å². The van der Waals surface area contributed by atoms with E-state index in [1.807, 2.05) is 13.0 Å². The molecule has 2 aromatic heterocycles. The summed E-state index contributed by atoms with van der Waals surface area (Å²) in [5.74, 6) is 0.811. The number of amides is 1. The summed E-state index contributed by atoms with van der Waals surface area (Å²) in [6.07, 6.45) is 6.35. The molecule has 0 radical (unpaired) electrons. The number of nitrogens with one attached hydrogen (secondary N) is 3. The van der Waals surface area contributed by atoms with Gasteiger partial charge in [0.2, 0.25) is 10.0 Å². The Morgan fingerprint density at radius 2 is 1.83 bits per heavy atom. The van der Waals surface area contributed by atoms with Gasteiger partial charge in [-0.2, -0.15) is 5.21 Å². The molecule has 1 aliphatic carbocycles. The maximum absolute atomic E-state index is 13.3. The van der Waals surface area contributed by atoms with Crippen LogP contribution in [0.15, 0.2) is 29.2 Å². The molecule has 224 valence electrons. The van der Waals surface area contributed by atoms with Crippen LogP contribution in [0.4, 0.5) is 0 Å². The maximum atomic E-state index is 13.3. The second-order valence-electron chi connectivity index (χ2n) is 12.6. The standard InChI is InChI=1S/C29H43N7O4S/c1-19-22(27(37)30-15-14-26-31-34-35-32-26)17-24(36(19)18-20-10-8-7-9-11-20)21-12-13-25(23(16-21)29(5,6)38)41(39,40)33-28(2,3)4/h12-13,16-17,20,33,38H,7-11,14-15,18H2,1-6H3,(H,30,37)(H,31,32,34,35). The van der Waals surface area contributed by atoms with Crippen molar-refractivity contribution in [2.45, 2.75) is 103 Å². The SMILES string of the molecule is Cc1c(C(=O)NCCc2nn[nH]n2)cc(-c2ccc(S(=O)(=O)NC(C)(C)C)c(C(C)(C)O)c2)n1CC1CCCCC1. The van der Waals surface area contributed by atoms with E-state index in [2.05, 4.69) is 35.2 Å². The summed E-state index contributed by atoms with van der Waals surface area (Å²) in [5, 5.41) is 27.8. The molecule has 3 aromatic rings. The molecule has 0 spiro atoms. The molecule has 1 amide bonds. The Morgan fingerprint density at radius 1 is 1.12 bits per heavy atom. The van der Waals surface area contributed by atoms with Gasteiger partial charge in [0.25, 0.3) is 5.91 Å². The third-order valence-corrected chi connectivity index (χ3v) is 9.28. The van der Waals surface area contributed by atoms with Gasteiger partial charge in [-0.3, -0.25) is 4.79 Å². The van der Waals surface area contributed by atoms with Crippen LogP contribution in [0.5, 0.6) is 0 Å². The highest BCUT2D eigenvalue weighted by Crippen LogP contribution is 2.35. The number of aromatic nitrogens is 5. The number of hydrogen-bond acceptors (Lipinski definition) is 7. The minimum Gasteiger partial charge on any atom is -0.386 e. The molecular weight excluding hydrogens is 542 g/mol. The van der Waals surface area contributed by atoms with Crippen molar-refractivity contribution in [1.29, 1.82) is 0 Å². The molecule has 0 saturated heterocycles. The molecule has 0 aliphatic heterocycles. The largest absolute Gasteiger partial charge is 0.386 e. The van der Waals surface area contributed by atoms with E-state index >= 15 is 0 Å². The minimum atomic E-state index is -3.91. The lowest BCUT2D eigenvalue weighted by molar-refractivity contribution is 0.0755. The van der Waals surface area contributed by atoms with E-state index in [4.69, 9.17) is 0 Å². The molecule has 4 N–H and O–H groups in total. The number of carbonyl (C=O) groups excluding carboxylic acids is 1. The number of sulfonamides is 1. The first-order valence-electron chi connectivity index (χ1n) is 14.3. The summed E-state index contributed by atoms with van der Waals surface area (Å²) in [7, 11) is -3.91. The highest BCUT2D eigenvalue weighted by Gasteiger charge is 2.31. The Labute approximate surface area is 242 Å². The monoisotopic (exact) mass is 585 g/mol. The fourth-order valence-corrected chi connectivity index (χ4v) is 7.27. The van der Waals surface area contributed by atoms with E-state index in [1.54, 1.807) is 52.8 Å². The third-order valence-electron chi connectivity index (χ3n) is 7.46. The van der Waals surface area contributed by atoms with E-state index in [9.17, 15) is 18.3 Å². The smallest absolute Gasteiger partial charge is 0.253 e. The lowest BCUT2D eigenvalue weighted by Crippen LogP contribution is -2.41. The predicted octanol–water partition coefficient (Wildman–Crippen LogP) is 3.83. The molecule has 1 fully saturated rings. The molecule has 0 bridgehead atoms. The van der Waals surface area contributed by atoms with Gasteiger partial charge in [-0.05, 0) is 84.1 Å². The summed E-state index contributed by atoms with van der Waals surface area (Å²) in [6.45, 7) is 11.6. The van der Waals surface area contributed by atoms with Crippen molar-refractivity contribution < 1.29 is 18.3 Å². The van der Waals surface area contributed by atoms with E-state index in [1.165, 1.54) is 19.3 Å². The first-order valence-corrected chi connectivity index (χ1v) is 15.8. The van der Waals surface area contributed by atoms with Crippen LogP contribution < -0.4 is 10.0 Å². The van der Waals surface area contributed by atoms with E-state index in [0.717, 1.165) is 36.3 Å². The first-order chi connectivity index (χ1) is 19.2. The van der Waals surface area contributed by atoms with Gasteiger partial charge in [-0.15, -0.1) is 10.2 Å². The van der Waals surface area contributed by atoms with Gasteiger partial charge < -0.3 is 15.0 Å². The average Bonchev–Trinajstić information content (AvgIpc) is 3.51. The molecule has 1 saturated carbocycles. The van der Waals surface area contributed by atoms with Crippen LogP contribution in [0.1, 0.15) is 94.2 Å². The number of rotatable bonds is 10. The Morgan fingerprint density at radius 3 is 2.44 bits per heavy atom. The minimum absolute atomic E-state index is 0.0326. The van der Waals surface area contributed by atoms with Gasteiger partial charge in [0.05, 0.1) is 16.1 Å². The molecule has 2 heterocycles. The Bertz CT molecular complexity index is 1460. The van der Waals surface area contributed by atoms with Crippen molar-refractivity contribution >= 4 is 15.9 Å². The summed E-state index contributed by atoms with van der Waals surface area (Å²) < 4.78 is 31.5. The van der Waals surface area contributed by atoms with E-state index in [0.29, 0.717) is 35.8 Å². The second kappa shape index (κ2) is 12.0. The highest BCUT2D eigenvalue weighted by atomic mass is 32.2. The molecule has 41 heavy (non-hydrogen) atoms. The Balaban J connectivity index is 1.74. The zero-order chi connectivity index (χ0) is 30.0. The van der Waals surface area contributed by atoms with Crippen molar-refractivity contribution in [3.63, 3.8) is 0 Å². The van der Waals surface area contributed by atoms with Crippen molar-refractivity contribution in [1.82, 2.24) is 35.2 Å². The fourth-order valence-electron chi connectivity index (χ4n) is 5.51. The number of aliphatic hydroxyl groups is 1. The van der Waals surface area contributed by atoms with Crippen LogP contribution in [-0.4, -0.2) is 56.7 Å². The number of nitrogens with zero attached hydrogens (tertiary/aromatic N) is 4. The van der Waals surface area contributed by atoms with E-state index < -0.39 is 21.2 Å². The summed E-state index contributed by atoms with van der Waals surface area (Å²) >= 11 is 0. The number of H-pyrrole nitrogens is 1. The third kappa shape index (κ3) is 7.60. The van der Waals surface area contributed by atoms with Gasteiger partial charge in [0, 0.05) is 42.0 Å². The number of tetrazole rings is 1. The summed E-state index contributed by atoms with van der Waals surface area (Å²) in [5.41, 5.74) is 1.13. The number of benzene rings is 1. The van der Waals surface area contributed by atoms with Gasteiger partial charge in [0.15, 0.2) is 5.82 Å². The van der Waals surface area contributed by atoms with Crippen LogP contribution >= 0.6 is 0 Å². The fraction of sp³-hybridized carbons (Fsp3) is 0.586. The Kier molecular flexibility index (Phi) is 9.05. The maximum Gasteiger partial charge on any atom is 0.253 e. The Hall–Kier alpha value is -3.09. The van der Waals surface area contributed by atoms with Gasteiger partial charge in [0.1, 0.15) is 0 Å². The first kappa shape index (κ1) is 30.9. The van der Waals surface area contributed by atoms with E-state index in [-0.39, 0.29) is 10.8 Å². The summed E-state index contributed by atoms with van der Waals surface area (Å²) in [4.78, 5) is 13.3. The quantitative estimate of drug-likeness (QED) is 0.282. The molecule has 1 aromatic carbocycles. The van der Waals surface area contributed by atoms with Crippen molar-refractivity contribution in [3.05, 3.63) is 46.9 Å². The molecule has 4 rings (SSSR count). The average molecular weight is 586 g/mol. The van der Waals surface area contributed by atoms with Crippen LogP contribution in [-0.2, 0) is 28.6 Å². The highest BCUT2D eigenvalue weighted by molar-refractivity contribution is 7.89. The molecule has 1 aliphatic rings. The molecule has 11 nitrogen and oxygen atoms in total. The van der Waals surface area contributed by atoms with Crippen molar-refractivity contribution in [2.75, 3.05) is 6.54 Å². The molecular formula is C29H43N7O4S. The lowest BCUT2D eigenvalue weighted by Gasteiger charge is -2.27. The van der Waals surface area contributed by atoms with Gasteiger partial charge in [-0.25, -0.2) is 13.1 Å². The summed E-state index contributed by atoms with van der Waals surface area (Å²) in [6, 6.07) is 6.92. The van der Waals surface area contributed by atoms with Crippen molar-refractivity contribution in [2.24, 2.45) is 5.92 Å². The number of hydrogen-bond donors (Lipinski definition) is 4. The number of aromatic amines is 1. The van der Waals surface area contributed by atoms with Crippen LogP contribution in [0, 0.1) is 12.8 Å². The molecule has 12 heteroatoms. The van der Waals surface area contributed by atoms with Gasteiger partial charge in [-0.1, -0.05) is 30.5 Å². The van der Waals surface area contributed by atoms with Crippen molar-refractivity contribution in [3.8, 4) is 11.3 Å². The normalized spacial score (nSPS) is 15.3. The zero-order valence-corrected chi connectivity index (χ0v) is 25.7. The zero-order valence-electron chi connectivity index (χ0n) is 24.9. The van der Waals surface area contributed by atoms with Crippen LogP contribution in [0.25, 0.3) is 11.3 Å².